The second kappa shape index (κ2) is 6.67. The molecule has 2 nitrogen and oxygen atoms in total. The van der Waals surface area contributed by atoms with Gasteiger partial charge in [0.1, 0.15) is 5.60 Å². The van der Waals surface area contributed by atoms with Crippen molar-refractivity contribution in [2.75, 3.05) is 0 Å². The molecule has 0 saturated carbocycles. The van der Waals surface area contributed by atoms with Crippen LogP contribution in [0.5, 0.6) is 0 Å². The summed E-state index contributed by atoms with van der Waals surface area (Å²) >= 11 is 0. The summed E-state index contributed by atoms with van der Waals surface area (Å²) in [6.07, 6.45) is 0.754. The van der Waals surface area contributed by atoms with E-state index >= 15 is 0 Å². The molecule has 0 aromatic heterocycles. The predicted molar refractivity (Wildman–Crippen MR) is 114 cm³/mol. The first-order chi connectivity index (χ1) is 12.6. The van der Waals surface area contributed by atoms with Crippen LogP contribution in [0, 0.1) is 19.3 Å². The average Bonchev–Trinajstić information content (AvgIpc) is 2.65. The Morgan fingerprint density at radius 3 is 1.93 bits per heavy atom. The molecule has 3 aromatic rings. The minimum absolute atomic E-state index is 0.151. The molecule has 0 aliphatic heterocycles. The van der Waals surface area contributed by atoms with Crippen LogP contribution in [0.3, 0.4) is 0 Å². The number of ether oxygens (including phenoxy) is 1. The van der Waals surface area contributed by atoms with Crippen molar-refractivity contribution in [3.8, 4) is 0 Å². The van der Waals surface area contributed by atoms with Gasteiger partial charge in [0.2, 0.25) is 0 Å². The Morgan fingerprint density at radius 1 is 0.852 bits per heavy atom. The van der Waals surface area contributed by atoms with Crippen molar-refractivity contribution < 1.29 is 9.53 Å². The highest BCUT2D eigenvalue weighted by atomic mass is 16.6. The normalized spacial score (nSPS) is 12.6. The van der Waals surface area contributed by atoms with Crippen LogP contribution in [-0.4, -0.2) is 5.97 Å². The molecule has 0 saturated heterocycles. The maximum absolute atomic E-state index is 12.6. The number of fused-ring (bicyclic) bond motifs is 2. The first kappa shape index (κ1) is 19.4. The molecule has 0 heterocycles. The summed E-state index contributed by atoms with van der Waals surface area (Å²) in [5, 5.41) is 5.06. The highest BCUT2D eigenvalue weighted by Crippen LogP contribution is 2.36. The van der Waals surface area contributed by atoms with Crippen LogP contribution in [0.15, 0.2) is 42.5 Å². The van der Waals surface area contributed by atoms with E-state index in [1.165, 1.54) is 32.7 Å². The lowest BCUT2D eigenvalue weighted by Gasteiger charge is -2.31. The van der Waals surface area contributed by atoms with E-state index in [9.17, 15) is 4.79 Å². The van der Waals surface area contributed by atoms with Crippen molar-refractivity contribution in [2.24, 2.45) is 5.41 Å². The van der Waals surface area contributed by atoms with E-state index in [4.69, 9.17) is 4.74 Å². The summed E-state index contributed by atoms with van der Waals surface area (Å²) in [5.41, 5.74) is 2.43. The van der Waals surface area contributed by atoms with Crippen LogP contribution in [0.1, 0.15) is 57.7 Å². The summed E-state index contributed by atoms with van der Waals surface area (Å²) in [5.74, 6) is -0.151. The molecule has 3 aromatic carbocycles. The van der Waals surface area contributed by atoms with E-state index in [1.807, 2.05) is 34.6 Å². The monoisotopic (exact) mass is 362 g/mol. The molecular weight excluding hydrogens is 332 g/mol. The van der Waals surface area contributed by atoms with Crippen LogP contribution in [0.25, 0.3) is 21.5 Å². The summed E-state index contributed by atoms with van der Waals surface area (Å²) in [7, 11) is 0. The van der Waals surface area contributed by atoms with Gasteiger partial charge < -0.3 is 4.74 Å². The highest BCUT2D eigenvalue weighted by Gasteiger charge is 2.34. The maximum atomic E-state index is 12.6. The van der Waals surface area contributed by atoms with Crippen molar-refractivity contribution >= 4 is 27.5 Å². The van der Waals surface area contributed by atoms with Crippen LogP contribution >= 0.6 is 0 Å². The molecule has 0 radical (unpaired) electrons. The molecule has 0 unspecified atom stereocenters. The molecule has 142 valence electrons. The Bertz CT molecular complexity index is 1030. The van der Waals surface area contributed by atoms with Crippen LogP contribution < -0.4 is 0 Å². The minimum Gasteiger partial charge on any atom is -0.454 e. The number of benzene rings is 3. The van der Waals surface area contributed by atoms with Gasteiger partial charge in [-0.15, -0.1) is 0 Å². The third-order valence-corrected chi connectivity index (χ3v) is 6.04. The molecule has 0 fully saturated rings. The zero-order valence-corrected chi connectivity index (χ0v) is 17.6. The van der Waals surface area contributed by atoms with Gasteiger partial charge in [0, 0.05) is 0 Å². The molecular formula is C25H30O2. The SMILES string of the molecule is CCC(C)(C)C(=O)OC(C)(C)c1ccc2c(C)c3ccccc3c(C)c2c1. The van der Waals surface area contributed by atoms with Crippen molar-refractivity contribution in [2.45, 2.75) is 60.5 Å². The van der Waals surface area contributed by atoms with Gasteiger partial charge in [-0.1, -0.05) is 43.3 Å². The number of rotatable bonds is 4. The lowest BCUT2D eigenvalue weighted by atomic mass is 9.88. The van der Waals surface area contributed by atoms with Gasteiger partial charge in [-0.05, 0) is 92.3 Å². The number of carbonyl (C=O) groups excluding carboxylic acids is 1. The molecule has 0 amide bonds. The lowest BCUT2D eigenvalue weighted by Crippen LogP contribution is -2.33. The Kier molecular flexibility index (Phi) is 4.80. The Hall–Kier alpha value is -2.35. The number of esters is 1. The Balaban J connectivity index is 2.12. The second-order valence-corrected chi connectivity index (χ2v) is 8.69. The van der Waals surface area contributed by atoms with Gasteiger partial charge >= 0.3 is 5.97 Å². The molecule has 2 heteroatoms. The Morgan fingerprint density at radius 2 is 1.37 bits per heavy atom. The molecule has 0 aliphatic rings. The molecule has 0 atom stereocenters. The van der Waals surface area contributed by atoms with Crippen molar-refractivity contribution in [3.63, 3.8) is 0 Å². The van der Waals surface area contributed by atoms with E-state index in [0.29, 0.717) is 0 Å². The third-order valence-electron chi connectivity index (χ3n) is 6.04. The largest absolute Gasteiger partial charge is 0.454 e. The highest BCUT2D eigenvalue weighted by molar-refractivity contribution is 6.05. The predicted octanol–water partition coefficient (Wildman–Crippen LogP) is 6.82. The fourth-order valence-corrected chi connectivity index (χ4v) is 3.56. The fourth-order valence-electron chi connectivity index (χ4n) is 3.56. The third kappa shape index (κ3) is 3.34. The van der Waals surface area contributed by atoms with Crippen LogP contribution in [0.2, 0.25) is 0 Å². The van der Waals surface area contributed by atoms with Gasteiger partial charge in [0.15, 0.2) is 0 Å². The first-order valence-electron chi connectivity index (χ1n) is 9.74. The van der Waals surface area contributed by atoms with Crippen LogP contribution in [-0.2, 0) is 15.1 Å². The lowest BCUT2D eigenvalue weighted by molar-refractivity contribution is -0.168. The standard InChI is InChI=1S/C25H30O2/c1-8-24(4,5)23(26)27-25(6,7)18-13-14-21-16(2)19-11-9-10-12-20(19)17(3)22(21)15-18/h9-15H,8H2,1-7H3. The average molecular weight is 363 g/mol. The molecule has 0 bridgehead atoms. The fraction of sp³-hybridized carbons (Fsp3) is 0.400. The van der Waals surface area contributed by atoms with Gasteiger partial charge in [-0.2, -0.15) is 0 Å². The number of hydrogen-bond acceptors (Lipinski definition) is 2. The summed E-state index contributed by atoms with van der Waals surface area (Å²) in [6, 6.07) is 15.0. The number of hydrogen-bond donors (Lipinski definition) is 0. The molecule has 0 aliphatic carbocycles. The van der Waals surface area contributed by atoms with Crippen LogP contribution in [0.4, 0.5) is 0 Å². The maximum Gasteiger partial charge on any atom is 0.312 e. The summed E-state index contributed by atoms with van der Waals surface area (Å²) in [4.78, 5) is 12.6. The molecule has 3 rings (SSSR count). The number of aryl methyl sites for hydroxylation is 2. The van der Waals surface area contributed by atoms with E-state index in [-0.39, 0.29) is 5.97 Å². The van der Waals surface area contributed by atoms with Crippen molar-refractivity contribution in [1.29, 1.82) is 0 Å². The summed E-state index contributed by atoms with van der Waals surface area (Å²) in [6.45, 7) is 14.2. The zero-order valence-electron chi connectivity index (χ0n) is 17.6. The van der Waals surface area contributed by atoms with E-state index in [0.717, 1.165) is 12.0 Å². The summed E-state index contributed by atoms with van der Waals surface area (Å²) < 4.78 is 5.95. The zero-order chi connectivity index (χ0) is 20.0. The first-order valence-corrected chi connectivity index (χ1v) is 9.74. The smallest absolute Gasteiger partial charge is 0.312 e. The van der Waals surface area contributed by atoms with Crippen molar-refractivity contribution in [1.82, 2.24) is 0 Å². The second-order valence-electron chi connectivity index (χ2n) is 8.69. The van der Waals surface area contributed by atoms with Gasteiger partial charge in [0.25, 0.3) is 0 Å². The molecule has 27 heavy (non-hydrogen) atoms. The molecule has 0 spiro atoms. The van der Waals surface area contributed by atoms with Crippen molar-refractivity contribution in [3.05, 3.63) is 59.2 Å². The topological polar surface area (TPSA) is 26.3 Å². The quantitative estimate of drug-likeness (QED) is 0.376. The number of carbonyl (C=O) groups is 1. The van der Waals surface area contributed by atoms with E-state index < -0.39 is 11.0 Å². The van der Waals surface area contributed by atoms with Gasteiger partial charge in [-0.3, -0.25) is 4.79 Å². The van der Waals surface area contributed by atoms with Gasteiger partial charge in [0.05, 0.1) is 5.41 Å². The molecule has 0 N–H and O–H groups in total. The minimum atomic E-state index is -0.677. The van der Waals surface area contributed by atoms with E-state index in [1.54, 1.807) is 0 Å². The Labute approximate surface area is 162 Å². The van der Waals surface area contributed by atoms with E-state index in [2.05, 4.69) is 56.3 Å². The van der Waals surface area contributed by atoms with Gasteiger partial charge in [-0.25, -0.2) is 0 Å².